The Morgan fingerprint density at radius 2 is 2.24 bits per heavy atom. The number of nitrogens with zero attached hydrogens (tertiary/aromatic N) is 1. The number of hydrogen-bond donors (Lipinski definition) is 2. The monoisotopic (exact) mass is 242 g/mol. The third kappa shape index (κ3) is 2.78. The van der Waals surface area contributed by atoms with Crippen LogP contribution in [-0.2, 0) is 9.53 Å². The molecule has 2 aliphatic rings. The van der Waals surface area contributed by atoms with Crippen LogP contribution in [0, 0.1) is 5.92 Å². The van der Waals surface area contributed by atoms with Gasteiger partial charge in [0.1, 0.15) is 0 Å². The number of amides is 1. The van der Waals surface area contributed by atoms with Crippen LogP contribution in [0.2, 0.25) is 0 Å². The first-order valence-corrected chi connectivity index (χ1v) is 6.36. The highest BCUT2D eigenvalue weighted by molar-refractivity contribution is 5.81. The molecule has 2 N–H and O–H groups in total. The maximum absolute atomic E-state index is 12.2. The largest absolute Gasteiger partial charge is 0.386 e. The topological polar surface area (TPSA) is 61.8 Å². The Morgan fingerprint density at radius 1 is 1.53 bits per heavy atom. The first kappa shape index (κ1) is 12.8. The quantitative estimate of drug-likeness (QED) is 0.704. The standard InChI is InChI=1S/C12H22N2O3/c1-3-4-13-10-6-17-5-9(10)11(15)14-7-12(2,16)8-14/h9-10,13,16H,3-8H2,1-2H3. The third-order valence-electron chi connectivity index (χ3n) is 3.43. The van der Waals surface area contributed by atoms with E-state index in [2.05, 4.69) is 12.2 Å². The first-order valence-electron chi connectivity index (χ1n) is 6.36. The summed E-state index contributed by atoms with van der Waals surface area (Å²) >= 11 is 0. The van der Waals surface area contributed by atoms with Crippen LogP contribution in [0.5, 0.6) is 0 Å². The van der Waals surface area contributed by atoms with Crippen molar-refractivity contribution in [3.05, 3.63) is 0 Å². The predicted molar refractivity (Wildman–Crippen MR) is 63.6 cm³/mol. The van der Waals surface area contributed by atoms with Gasteiger partial charge in [-0.25, -0.2) is 0 Å². The Labute approximate surface area is 102 Å². The molecule has 2 rings (SSSR count). The van der Waals surface area contributed by atoms with Gasteiger partial charge in [-0.1, -0.05) is 6.92 Å². The van der Waals surface area contributed by atoms with E-state index in [-0.39, 0.29) is 17.9 Å². The van der Waals surface area contributed by atoms with Crippen LogP contribution >= 0.6 is 0 Å². The molecule has 0 aromatic rings. The summed E-state index contributed by atoms with van der Waals surface area (Å²) in [4.78, 5) is 13.9. The SMILES string of the molecule is CCCNC1COCC1C(=O)N1CC(C)(O)C1. The van der Waals surface area contributed by atoms with E-state index in [9.17, 15) is 9.90 Å². The van der Waals surface area contributed by atoms with Crippen molar-refractivity contribution in [2.75, 3.05) is 32.8 Å². The molecule has 2 heterocycles. The van der Waals surface area contributed by atoms with Gasteiger partial charge in [0.2, 0.25) is 5.91 Å². The predicted octanol–water partition coefficient (Wildman–Crippen LogP) is -0.406. The average Bonchev–Trinajstić information content (AvgIpc) is 2.70. The van der Waals surface area contributed by atoms with E-state index in [0.717, 1.165) is 13.0 Å². The normalized spacial score (nSPS) is 31.4. The number of likely N-dealkylation sites (tertiary alicyclic amines) is 1. The van der Waals surface area contributed by atoms with Crippen molar-refractivity contribution in [3.8, 4) is 0 Å². The van der Waals surface area contributed by atoms with Crippen LogP contribution < -0.4 is 5.32 Å². The van der Waals surface area contributed by atoms with Crippen LogP contribution in [0.15, 0.2) is 0 Å². The highest BCUT2D eigenvalue weighted by Gasteiger charge is 2.44. The number of carbonyl (C=O) groups excluding carboxylic acids is 1. The molecule has 5 heteroatoms. The molecule has 2 atom stereocenters. The van der Waals surface area contributed by atoms with Gasteiger partial charge in [-0.05, 0) is 19.9 Å². The fourth-order valence-electron chi connectivity index (χ4n) is 2.49. The Hall–Kier alpha value is -0.650. The number of aliphatic hydroxyl groups is 1. The van der Waals surface area contributed by atoms with Gasteiger partial charge in [0, 0.05) is 6.04 Å². The molecule has 0 aromatic heterocycles. The fraction of sp³-hybridized carbons (Fsp3) is 0.917. The van der Waals surface area contributed by atoms with Crippen molar-refractivity contribution in [1.82, 2.24) is 10.2 Å². The second-order valence-corrected chi connectivity index (χ2v) is 5.40. The molecule has 98 valence electrons. The van der Waals surface area contributed by atoms with Gasteiger partial charge in [0.15, 0.2) is 0 Å². The molecule has 1 amide bonds. The Balaban J connectivity index is 1.86. The van der Waals surface area contributed by atoms with E-state index in [4.69, 9.17) is 4.74 Å². The molecular weight excluding hydrogens is 220 g/mol. The highest BCUT2D eigenvalue weighted by atomic mass is 16.5. The van der Waals surface area contributed by atoms with E-state index in [1.165, 1.54) is 0 Å². The van der Waals surface area contributed by atoms with Gasteiger partial charge >= 0.3 is 0 Å². The minimum Gasteiger partial charge on any atom is -0.386 e. The number of hydrogen-bond acceptors (Lipinski definition) is 4. The Bertz CT molecular complexity index is 285. The molecule has 0 bridgehead atoms. The second kappa shape index (κ2) is 4.92. The van der Waals surface area contributed by atoms with E-state index in [1.54, 1.807) is 11.8 Å². The van der Waals surface area contributed by atoms with Gasteiger partial charge in [-0.3, -0.25) is 4.79 Å². The Morgan fingerprint density at radius 3 is 2.82 bits per heavy atom. The van der Waals surface area contributed by atoms with Crippen molar-refractivity contribution < 1.29 is 14.6 Å². The molecule has 0 aromatic carbocycles. The van der Waals surface area contributed by atoms with E-state index in [1.807, 2.05) is 0 Å². The van der Waals surface area contributed by atoms with Crippen LogP contribution in [0.3, 0.4) is 0 Å². The molecule has 0 aliphatic carbocycles. The maximum atomic E-state index is 12.2. The summed E-state index contributed by atoms with van der Waals surface area (Å²) in [6.07, 6.45) is 1.05. The molecule has 0 radical (unpaired) electrons. The second-order valence-electron chi connectivity index (χ2n) is 5.40. The number of rotatable bonds is 4. The van der Waals surface area contributed by atoms with Crippen LogP contribution in [-0.4, -0.2) is 60.4 Å². The maximum Gasteiger partial charge on any atom is 0.229 e. The summed E-state index contributed by atoms with van der Waals surface area (Å²) in [7, 11) is 0. The lowest BCUT2D eigenvalue weighted by atomic mass is 9.93. The third-order valence-corrected chi connectivity index (χ3v) is 3.43. The van der Waals surface area contributed by atoms with Gasteiger partial charge in [-0.15, -0.1) is 0 Å². The van der Waals surface area contributed by atoms with Crippen molar-refractivity contribution in [2.24, 2.45) is 5.92 Å². The zero-order valence-corrected chi connectivity index (χ0v) is 10.6. The van der Waals surface area contributed by atoms with Crippen molar-refractivity contribution in [3.63, 3.8) is 0 Å². The molecule has 2 saturated heterocycles. The number of carbonyl (C=O) groups is 1. The highest BCUT2D eigenvalue weighted by Crippen LogP contribution is 2.25. The van der Waals surface area contributed by atoms with Crippen LogP contribution in [0.4, 0.5) is 0 Å². The smallest absolute Gasteiger partial charge is 0.229 e. The summed E-state index contributed by atoms with van der Waals surface area (Å²) in [5.74, 6) is 0.0280. The summed E-state index contributed by atoms with van der Waals surface area (Å²) in [6, 6.07) is 0.132. The van der Waals surface area contributed by atoms with Crippen LogP contribution in [0.1, 0.15) is 20.3 Å². The number of nitrogens with one attached hydrogen (secondary N) is 1. The van der Waals surface area contributed by atoms with Gasteiger partial charge in [-0.2, -0.15) is 0 Å². The molecule has 2 unspecified atom stereocenters. The molecular formula is C12H22N2O3. The van der Waals surface area contributed by atoms with E-state index < -0.39 is 5.60 Å². The lowest BCUT2D eigenvalue weighted by Gasteiger charge is -2.45. The molecule has 17 heavy (non-hydrogen) atoms. The molecule has 2 aliphatic heterocycles. The minimum atomic E-state index is -0.693. The number of β-amino-alcohol motifs (C(OH)–C–C–N with tert-alkyl or cyclic N) is 1. The van der Waals surface area contributed by atoms with E-state index in [0.29, 0.717) is 26.3 Å². The van der Waals surface area contributed by atoms with E-state index >= 15 is 0 Å². The minimum absolute atomic E-state index is 0.0855. The molecule has 2 fully saturated rings. The molecule has 0 saturated carbocycles. The lowest BCUT2D eigenvalue weighted by Crippen LogP contribution is -2.64. The zero-order valence-electron chi connectivity index (χ0n) is 10.6. The summed E-state index contributed by atoms with van der Waals surface area (Å²) < 4.78 is 5.39. The molecule has 5 nitrogen and oxygen atoms in total. The lowest BCUT2D eigenvalue weighted by molar-refractivity contribution is -0.157. The summed E-state index contributed by atoms with van der Waals surface area (Å²) in [5.41, 5.74) is -0.693. The Kier molecular flexibility index (Phi) is 3.70. The van der Waals surface area contributed by atoms with Crippen molar-refractivity contribution in [1.29, 1.82) is 0 Å². The van der Waals surface area contributed by atoms with Gasteiger partial charge in [0.25, 0.3) is 0 Å². The van der Waals surface area contributed by atoms with Crippen LogP contribution in [0.25, 0.3) is 0 Å². The molecule has 0 spiro atoms. The first-order chi connectivity index (χ1) is 8.03. The summed E-state index contributed by atoms with van der Waals surface area (Å²) in [5, 5.41) is 13.0. The average molecular weight is 242 g/mol. The number of ether oxygens (including phenoxy) is 1. The zero-order chi connectivity index (χ0) is 12.5. The van der Waals surface area contributed by atoms with Crippen molar-refractivity contribution >= 4 is 5.91 Å². The van der Waals surface area contributed by atoms with Crippen molar-refractivity contribution in [2.45, 2.75) is 31.9 Å². The fourth-order valence-corrected chi connectivity index (χ4v) is 2.49. The summed E-state index contributed by atoms with van der Waals surface area (Å²) in [6.45, 7) is 6.78. The van der Waals surface area contributed by atoms with Gasteiger partial charge in [0.05, 0.1) is 37.8 Å². The van der Waals surface area contributed by atoms with Gasteiger partial charge < -0.3 is 20.1 Å².